The number of nitrogens with zero attached hydrogens (tertiary/aromatic N) is 1. The van der Waals surface area contributed by atoms with Gasteiger partial charge in [-0.25, -0.2) is 4.98 Å². The first-order valence-electron chi connectivity index (χ1n) is 6.80. The lowest BCUT2D eigenvalue weighted by Gasteiger charge is -2.04. The van der Waals surface area contributed by atoms with E-state index in [1.807, 2.05) is 24.6 Å². The number of thiazole rings is 1. The fourth-order valence-electron chi connectivity index (χ4n) is 1.83. The van der Waals surface area contributed by atoms with Gasteiger partial charge in [0.15, 0.2) is 0 Å². The van der Waals surface area contributed by atoms with Gasteiger partial charge in [0.25, 0.3) is 5.91 Å². The largest absolute Gasteiger partial charge is 0.357 e. The SMILES string of the molecule is CCCNCCNC(=O)c1cc(-c2csc(C)n2)c[nH]1. The Balaban J connectivity index is 1.87. The zero-order valence-corrected chi connectivity index (χ0v) is 12.6. The highest BCUT2D eigenvalue weighted by Gasteiger charge is 2.10. The van der Waals surface area contributed by atoms with Crippen LogP contribution in [-0.2, 0) is 0 Å². The van der Waals surface area contributed by atoms with Gasteiger partial charge in [-0.1, -0.05) is 6.92 Å². The first-order valence-corrected chi connectivity index (χ1v) is 7.68. The van der Waals surface area contributed by atoms with Gasteiger partial charge in [0.05, 0.1) is 10.7 Å². The van der Waals surface area contributed by atoms with E-state index in [4.69, 9.17) is 0 Å². The van der Waals surface area contributed by atoms with Crippen molar-refractivity contribution in [2.45, 2.75) is 20.3 Å². The molecule has 5 nitrogen and oxygen atoms in total. The van der Waals surface area contributed by atoms with E-state index in [2.05, 4.69) is 27.5 Å². The Hall–Kier alpha value is -1.66. The first kappa shape index (κ1) is 14.7. The molecule has 108 valence electrons. The van der Waals surface area contributed by atoms with E-state index in [-0.39, 0.29) is 5.91 Å². The molecule has 6 heteroatoms. The van der Waals surface area contributed by atoms with Crippen LogP contribution >= 0.6 is 11.3 Å². The topological polar surface area (TPSA) is 69.8 Å². The Morgan fingerprint density at radius 1 is 1.40 bits per heavy atom. The maximum atomic E-state index is 11.9. The van der Waals surface area contributed by atoms with E-state index in [0.717, 1.165) is 35.8 Å². The average Bonchev–Trinajstić information content (AvgIpc) is 3.06. The van der Waals surface area contributed by atoms with Gasteiger partial charge in [-0.15, -0.1) is 11.3 Å². The molecule has 0 aromatic carbocycles. The molecule has 0 aliphatic rings. The minimum Gasteiger partial charge on any atom is -0.357 e. The van der Waals surface area contributed by atoms with Gasteiger partial charge in [-0.05, 0) is 26.0 Å². The highest BCUT2D eigenvalue weighted by Crippen LogP contribution is 2.22. The van der Waals surface area contributed by atoms with Crippen LogP contribution in [0.25, 0.3) is 11.3 Å². The second kappa shape index (κ2) is 7.21. The van der Waals surface area contributed by atoms with Gasteiger partial charge >= 0.3 is 0 Å². The molecule has 1 amide bonds. The molecule has 0 saturated heterocycles. The first-order chi connectivity index (χ1) is 9.70. The number of amides is 1. The molecule has 0 spiro atoms. The van der Waals surface area contributed by atoms with Crippen LogP contribution in [0.3, 0.4) is 0 Å². The Labute approximate surface area is 122 Å². The van der Waals surface area contributed by atoms with Crippen molar-refractivity contribution in [2.75, 3.05) is 19.6 Å². The highest BCUT2D eigenvalue weighted by molar-refractivity contribution is 7.09. The summed E-state index contributed by atoms with van der Waals surface area (Å²) in [5, 5.41) is 9.14. The lowest BCUT2D eigenvalue weighted by atomic mass is 10.2. The molecule has 0 aliphatic carbocycles. The summed E-state index contributed by atoms with van der Waals surface area (Å²) in [5.74, 6) is -0.0819. The van der Waals surface area contributed by atoms with E-state index < -0.39 is 0 Å². The van der Waals surface area contributed by atoms with Crippen LogP contribution in [-0.4, -0.2) is 35.5 Å². The molecule has 20 heavy (non-hydrogen) atoms. The molecule has 2 aromatic rings. The molecule has 0 unspecified atom stereocenters. The predicted octanol–water partition coefficient (Wildman–Crippen LogP) is 2.18. The summed E-state index contributed by atoms with van der Waals surface area (Å²) < 4.78 is 0. The van der Waals surface area contributed by atoms with Crippen LogP contribution in [0.4, 0.5) is 0 Å². The van der Waals surface area contributed by atoms with Gasteiger partial charge in [-0.3, -0.25) is 4.79 Å². The standard InChI is InChI=1S/C14H20N4OS/c1-3-4-15-5-6-16-14(19)12-7-11(8-17-12)13-9-20-10(2)18-13/h7-9,15,17H,3-6H2,1-2H3,(H,16,19). The summed E-state index contributed by atoms with van der Waals surface area (Å²) in [7, 11) is 0. The number of aromatic nitrogens is 2. The monoisotopic (exact) mass is 292 g/mol. The van der Waals surface area contributed by atoms with E-state index in [1.165, 1.54) is 0 Å². The number of nitrogens with one attached hydrogen (secondary N) is 3. The molecule has 0 aliphatic heterocycles. The highest BCUT2D eigenvalue weighted by atomic mass is 32.1. The van der Waals surface area contributed by atoms with Gasteiger partial charge in [0.1, 0.15) is 5.69 Å². The number of aromatic amines is 1. The molecule has 0 radical (unpaired) electrons. The van der Waals surface area contributed by atoms with Crippen molar-refractivity contribution in [3.63, 3.8) is 0 Å². The van der Waals surface area contributed by atoms with Gasteiger partial charge in [0.2, 0.25) is 0 Å². The maximum Gasteiger partial charge on any atom is 0.267 e. The van der Waals surface area contributed by atoms with Crippen LogP contribution in [0.2, 0.25) is 0 Å². The van der Waals surface area contributed by atoms with Crippen LogP contribution < -0.4 is 10.6 Å². The molecule has 0 atom stereocenters. The zero-order valence-electron chi connectivity index (χ0n) is 11.8. The zero-order chi connectivity index (χ0) is 14.4. The van der Waals surface area contributed by atoms with Crippen molar-refractivity contribution >= 4 is 17.2 Å². The second-order valence-corrected chi connectivity index (χ2v) is 5.62. The molecule has 2 heterocycles. The number of aryl methyl sites for hydroxylation is 1. The van der Waals surface area contributed by atoms with E-state index in [1.54, 1.807) is 11.3 Å². The minimum absolute atomic E-state index is 0.0819. The average molecular weight is 292 g/mol. The van der Waals surface area contributed by atoms with E-state index in [9.17, 15) is 4.79 Å². The van der Waals surface area contributed by atoms with Gasteiger partial charge in [0, 0.05) is 30.2 Å². The van der Waals surface area contributed by atoms with Crippen molar-refractivity contribution in [1.82, 2.24) is 20.6 Å². The summed E-state index contributed by atoms with van der Waals surface area (Å²) in [6.07, 6.45) is 2.92. The Morgan fingerprint density at radius 2 is 2.25 bits per heavy atom. The third-order valence-corrected chi connectivity index (χ3v) is 3.63. The maximum absolute atomic E-state index is 11.9. The molecule has 2 rings (SSSR count). The molecule has 0 saturated carbocycles. The quantitative estimate of drug-likeness (QED) is 0.685. The predicted molar refractivity (Wildman–Crippen MR) is 82.1 cm³/mol. The lowest BCUT2D eigenvalue weighted by Crippen LogP contribution is -2.32. The van der Waals surface area contributed by atoms with Gasteiger partial charge in [-0.2, -0.15) is 0 Å². The van der Waals surface area contributed by atoms with Crippen LogP contribution in [0.15, 0.2) is 17.6 Å². The molecular weight excluding hydrogens is 272 g/mol. The molecular formula is C14H20N4OS. The van der Waals surface area contributed by atoms with Crippen molar-refractivity contribution in [1.29, 1.82) is 0 Å². The molecule has 2 aromatic heterocycles. The number of hydrogen-bond acceptors (Lipinski definition) is 4. The summed E-state index contributed by atoms with van der Waals surface area (Å²) in [4.78, 5) is 19.3. The number of carbonyl (C=O) groups excluding carboxylic acids is 1. The molecule has 0 fully saturated rings. The summed E-state index contributed by atoms with van der Waals surface area (Å²) >= 11 is 1.60. The smallest absolute Gasteiger partial charge is 0.267 e. The molecule has 3 N–H and O–H groups in total. The van der Waals surface area contributed by atoms with Crippen molar-refractivity contribution in [3.05, 3.63) is 28.3 Å². The fraction of sp³-hybridized carbons (Fsp3) is 0.429. The van der Waals surface area contributed by atoms with Crippen LogP contribution in [0.5, 0.6) is 0 Å². The Bertz CT molecular complexity index is 561. The van der Waals surface area contributed by atoms with E-state index >= 15 is 0 Å². The second-order valence-electron chi connectivity index (χ2n) is 4.56. The van der Waals surface area contributed by atoms with Crippen LogP contribution in [0, 0.1) is 6.92 Å². The lowest BCUT2D eigenvalue weighted by molar-refractivity contribution is 0.0949. The third kappa shape index (κ3) is 3.91. The van der Waals surface area contributed by atoms with E-state index in [0.29, 0.717) is 12.2 Å². The van der Waals surface area contributed by atoms with Crippen molar-refractivity contribution in [3.8, 4) is 11.3 Å². The third-order valence-electron chi connectivity index (χ3n) is 2.86. The van der Waals surface area contributed by atoms with Crippen LogP contribution in [0.1, 0.15) is 28.8 Å². The number of H-pyrrole nitrogens is 1. The summed E-state index contributed by atoms with van der Waals surface area (Å²) in [6, 6.07) is 1.84. The Kier molecular flexibility index (Phi) is 5.31. The van der Waals surface area contributed by atoms with Crippen molar-refractivity contribution < 1.29 is 4.79 Å². The molecule has 0 bridgehead atoms. The number of carbonyl (C=O) groups is 1. The van der Waals surface area contributed by atoms with Crippen molar-refractivity contribution in [2.24, 2.45) is 0 Å². The minimum atomic E-state index is -0.0819. The summed E-state index contributed by atoms with van der Waals surface area (Å²) in [5.41, 5.74) is 2.43. The number of hydrogen-bond donors (Lipinski definition) is 3. The summed E-state index contributed by atoms with van der Waals surface area (Å²) in [6.45, 7) is 6.48. The fourth-order valence-corrected chi connectivity index (χ4v) is 2.45. The Morgan fingerprint density at radius 3 is 2.95 bits per heavy atom. The number of rotatable bonds is 7. The normalized spacial score (nSPS) is 10.7. The van der Waals surface area contributed by atoms with Gasteiger partial charge < -0.3 is 15.6 Å².